The Bertz CT molecular complexity index is 658. The van der Waals surface area contributed by atoms with Gasteiger partial charge in [-0.15, -0.1) is 11.3 Å². The van der Waals surface area contributed by atoms with E-state index in [1.807, 2.05) is 4.90 Å². The van der Waals surface area contributed by atoms with E-state index in [0.717, 1.165) is 36.3 Å². The van der Waals surface area contributed by atoms with Crippen molar-refractivity contribution in [3.63, 3.8) is 0 Å². The molecule has 0 aromatic carbocycles. The van der Waals surface area contributed by atoms with Crippen LogP contribution in [0.25, 0.3) is 0 Å². The van der Waals surface area contributed by atoms with Gasteiger partial charge in [-0.2, -0.15) is 0 Å². The molecule has 4 fully saturated rings. The van der Waals surface area contributed by atoms with Gasteiger partial charge in [0.1, 0.15) is 4.21 Å². The minimum absolute atomic E-state index is 0.0843. The van der Waals surface area contributed by atoms with E-state index in [9.17, 15) is 13.2 Å². The first-order valence-electron chi connectivity index (χ1n) is 8.35. The normalized spacial score (nSPS) is 33.0. The maximum atomic E-state index is 12.4. The third kappa shape index (κ3) is 2.83. The molecule has 1 aliphatic heterocycles. The Hall–Kier alpha value is -0.920. The molecule has 2 bridgehead atoms. The minimum Gasteiger partial charge on any atom is -0.341 e. The molecule has 5 rings (SSSR count). The van der Waals surface area contributed by atoms with Gasteiger partial charge in [-0.25, -0.2) is 13.1 Å². The highest BCUT2D eigenvalue weighted by Gasteiger charge is 2.48. The smallest absolute Gasteiger partial charge is 0.250 e. The molecule has 4 aliphatic rings. The Labute approximate surface area is 141 Å². The zero-order chi connectivity index (χ0) is 16.0. The number of nitrogens with one attached hydrogen (secondary N) is 1. The van der Waals surface area contributed by atoms with Crippen molar-refractivity contribution in [1.29, 1.82) is 0 Å². The summed E-state index contributed by atoms with van der Waals surface area (Å²) in [6.07, 6.45) is 5.27. The maximum absolute atomic E-state index is 12.4. The van der Waals surface area contributed by atoms with Crippen LogP contribution in [0.2, 0.25) is 0 Å². The highest BCUT2D eigenvalue weighted by molar-refractivity contribution is 7.91. The van der Waals surface area contributed by atoms with Gasteiger partial charge in [0.2, 0.25) is 5.91 Å². The Morgan fingerprint density at radius 2 is 1.78 bits per heavy atom. The van der Waals surface area contributed by atoms with Crippen molar-refractivity contribution >= 4 is 27.3 Å². The molecule has 1 aromatic heterocycles. The molecular formula is C16H22N2O3S2. The van der Waals surface area contributed by atoms with Crippen molar-refractivity contribution in [2.75, 3.05) is 19.6 Å². The molecule has 1 N–H and O–H groups in total. The van der Waals surface area contributed by atoms with E-state index < -0.39 is 10.0 Å². The summed E-state index contributed by atoms with van der Waals surface area (Å²) in [5.74, 6) is 2.79. The zero-order valence-electron chi connectivity index (χ0n) is 13.0. The lowest BCUT2D eigenvalue weighted by atomic mass is 9.60. The van der Waals surface area contributed by atoms with E-state index in [1.54, 1.807) is 17.5 Å². The average molecular weight is 354 g/mol. The van der Waals surface area contributed by atoms with Crippen LogP contribution < -0.4 is 4.72 Å². The van der Waals surface area contributed by atoms with Crippen LogP contribution in [-0.2, 0) is 14.8 Å². The third-order valence-electron chi connectivity index (χ3n) is 5.97. The van der Waals surface area contributed by atoms with E-state index in [0.29, 0.717) is 11.8 Å². The van der Waals surface area contributed by atoms with Gasteiger partial charge >= 0.3 is 0 Å². The Balaban J connectivity index is 1.37. The summed E-state index contributed by atoms with van der Waals surface area (Å²) in [7, 11) is -3.56. The lowest BCUT2D eigenvalue weighted by Crippen LogP contribution is -2.39. The number of thiophene rings is 1. The summed E-state index contributed by atoms with van der Waals surface area (Å²) in [5, 5.41) is 1.72. The van der Waals surface area contributed by atoms with Crippen molar-refractivity contribution in [3.8, 4) is 0 Å². The molecule has 3 saturated carbocycles. The topological polar surface area (TPSA) is 66.5 Å². The predicted octanol–water partition coefficient (Wildman–Crippen LogP) is 1.92. The van der Waals surface area contributed by atoms with Gasteiger partial charge in [0, 0.05) is 13.1 Å². The van der Waals surface area contributed by atoms with Crippen LogP contribution in [0.15, 0.2) is 21.7 Å². The first kappa shape index (κ1) is 15.6. The van der Waals surface area contributed by atoms with E-state index in [1.165, 1.54) is 25.7 Å². The number of hydrogen-bond donors (Lipinski definition) is 1. The monoisotopic (exact) mass is 354 g/mol. The second-order valence-corrected chi connectivity index (χ2v) is 10.00. The Morgan fingerprint density at radius 3 is 2.30 bits per heavy atom. The number of likely N-dealkylation sites (tertiary alicyclic amines) is 1. The van der Waals surface area contributed by atoms with Gasteiger partial charge in [-0.3, -0.25) is 4.79 Å². The third-order valence-corrected chi connectivity index (χ3v) is 8.76. The number of fused-ring (bicyclic) bond motifs is 2. The molecule has 0 spiro atoms. The van der Waals surface area contributed by atoms with Crippen LogP contribution in [0.4, 0.5) is 0 Å². The summed E-state index contributed by atoms with van der Waals surface area (Å²) in [4.78, 5) is 14.3. The molecule has 0 radical (unpaired) electrons. The van der Waals surface area contributed by atoms with Crippen LogP contribution in [0.1, 0.15) is 25.7 Å². The summed E-state index contributed by atoms with van der Waals surface area (Å²) in [5.41, 5.74) is 0. The van der Waals surface area contributed by atoms with Crippen molar-refractivity contribution in [3.05, 3.63) is 17.5 Å². The van der Waals surface area contributed by atoms with Crippen molar-refractivity contribution < 1.29 is 13.2 Å². The highest BCUT2D eigenvalue weighted by Crippen LogP contribution is 2.51. The molecule has 3 aliphatic carbocycles. The minimum atomic E-state index is -3.56. The van der Waals surface area contributed by atoms with Crippen molar-refractivity contribution in [2.24, 2.45) is 23.7 Å². The van der Waals surface area contributed by atoms with Crippen LogP contribution in [-0.4, -0.2) is 38.9 Å². The van der Waals surface area contributed by atoms with E-state index in [2.05, 4.69) is 4.72 Å². The summed E-state index contributed by atoms with van der Waals surface area (Å²) >= 11 is 1.16. The molecule has 7 heteroatoms. The van der Waals surface area contributed by atoms with Gasteiger partial charge < -0.3 is 4.90 Å². The number of hydrogen-bond acceptors (Lipinski definition) is 4. The van der Waals surface area contributed by atoms with E-state index in [4.69, 9.17) is 0 Å². The summed E-state index contributed by atoms with van der Waals surface area (Å²) in [6, 6.07) is 3.25. The number of nitrogens with zero attached hydrogens (tertiary/aromatic N) is 1. The second-order valence-electron chi connectivity index (χ2n) is 7.06. The van der Waals surface area contributed by atoms with Gasteiger partial charge in [0.15, 0.2) is 0 Å². The molecule has 1 aromatic rings. The van der Waals surface area contributed by atoms with Gasteiger partial charge in [0.25, 0.3) is 10.0 Å². The Kier molecular flexibility index (Phi) is 3.98. The lowest BCUT2D eigenvalue weighted by Gasteiger charge is -2.44. The van der Waals surface area contributed by atoms with Gasteiger partial charge in [-0.1, -0.05) is 6.07 Å². The highest BCUT2D eigenvalue weighted by atomic mass is 32.2. The molecule has 1 saturated heterocycles. The molecule has 2 heterocycles. The summed E-state index contributed by atoms with van der Waals surface area (Å²) in [6.45, 7) is 1.52. The van der Waals surface area contributed by atoms with Crippen molar-refractivity contribution in [2.45, 2.75) is 29.9 Å². The number of carbonyl (C=O) groups excluding carboxylic acids is 1. The zero-order valence-corrected chi connectivity index (χ0v) is 14.6. The largest absolute Gasteiger partial charge is 0.341 e. The van der Waals surface area contributed by atoms with Crippen LogP contribution >= 0.6 is 11.3 Å². The fourth-order valence-corrected chi connectivity index (χ4v) is 6.82. The van der Waals surface area contributed by atoms with Crippen molar-refractivity contribution in [1.82, 2.24) is 9.62 Å². The lowest BCUT2D eigenvalue weighted by molar-refractivity contribution is -0.129. The maximum Gasteiger partial charge on any atom is 0.250 e. The molecule has 1 amide bonds. The van der Waals surface area contributed by atoms with E-state index >= 15 is 0 Å². The first-order chi connectivity index (χ1) is 11.0. The van der Waals surface area contributed by atoms with Gasteiger partial charge in [0.05, 0.1) is 6.54 Å². The standard InChI is InChI=1S/C16H22N2O3S2/c19-15(8-17-23(20,21)16-2-1-7-22-16)18-9-13-11-3-4-12(6-5-11)14(13)10-18/h1-2,7,11-14,17H,3-6,8-10H2/t11?,12?,13-,14+. The fraction of sp³-hybridized carbons (Fsp3) is 0.688. The number of rotatable bonds is 4. The summed E-state index contributed by atoms with van der Waals surface area (Å²) < 4.78 is 26.9. The van der Waals surface area contributed by atoms with E-state index in [-0.39, 0.29) is 16.7 Å². The number of sulfonamides is 1. The molecule has 23 heavy (non-hydrogen) atoms. The number of carbonyl (C=O) groups is 1. The predicted molar refractivity (Wildman–Crippen MR) is 88.5 cm³/mol. The Morgan fingerprint density at radius 1 is 1.17 bits per heavy atom. The molecule has 126 valence electrons. The molecule has 0 unspecified atom stereocenters. The number of amides is 1. The van der Waals surface area contributed by atoms with Crippen LogP contribution in [0, 0.1) is 23.7 Å². The fourth-order valence-electron chi connectivity index (χ4n) is 4.81. The molecular weight excluding hydrogens is 332 g/mol. The van der Waals surface area contributed by atoms with Crippen LogP contribution in [0.3, 0.4) is 0 Å². The molecule has 5 nitrogen and oxygen atoms in total. The average Bonchev–Trinajstić information content (AvgIpc) is 3.23. The second kappa shape index (κ2) is 5.86. The SMILES string of the molecule is O=C(CNS(=O)(=O)c1cccs1)N1C[C@@H]2C3CCC(CC3)[C@@H]2C1. The molecule has 2 atom stereocenters. The quantitative estimate of drug-likeness (QED) is 0.898. The van der Waals surface area contributed by atoms with Crippen LogP contribution in [0.5, 0.6) is 0 Å². The van der Waals surface area contributed by atoms with Gasteiger partial charge in [-0.05, 0) is 60.8 Å². The first-order valence-corrected chi connectivity index (χ1v) is 10.7.